The Morgan fingerprint density at radius 1 is 1.33 bits per heavy atom. The summed E-state index contributed by atoms with van der Waals surface area (Å²) in [5.74, 6) is -0.424. The van der Waals surface area contributed by atoms with Crippen molar-refractivity contribution in [3.8, 4) is 0 Å². The average molecular weight is 359 g/mol. The highest BCUT2D eigenvalue weighted by molar-refractivity contribution is 7.78. The van der Waals surface area contributed by atoms with Crippen LogP contribution in [0.4, 0.5) is 13.2 Å². The summed E-state index contributed by atoms with van der Waals surface area (Å²) in [6.45, 7) is 0. The summed E-state index contributed by atoms with van der Waals surface area (Å²) < 4.78 is 63.5. The summed E-state index contributed by atoms with van der Waals surface area (Å²) >= 11 is -2.39. The van der Waals surface area contributed by atoms with Crippen LogP contribution in [0.15, 0.2) is 28.8 Å². The molecule has 1 aliphatic rings. The molecule has 0 saturated heterocycles. The van der Waals surface area contributed by atoms with Gasteiger partial charge in [0, 0.05) is 17.5 Å². The number of carbonyl (C=O) groups excluding carboxylic acids is 1. The zero-order chi connectivity index (χ0) is 17.5. The van der Waals surface area contributed by atoms with Gasteiger partial charge in [-0.25, -0.2) is 4.21 Å². The SMILES string of the molecule is O=C(c1cc(C2CC2)on1)c1ccc(C(F)(F)F)cc1CS(=O)O. The third-order valence-electron chi connectivity index (χ3n) is 3.70. The maximum atomic E-state index is 12.8. The van der Waals surface area contributed by atoms with Gasteiger partial charge in [0.1, 0.15) is 5.76 Å². The van der Waals surface area contributed by atoms with E-state index >= 15 is 0 Å². The Kier molecular flexibility index (Phi) is 4.31. The van der Waals surface area contributed by atoms with Gasteiger partial charge in [-0.05, 0) is 30.5 Å². The van der Waals surface area contributed by atoms with Gasteiger partial charge >= 0.3 is 6.18 Å². The smallest absolute Gasteiger partial charge is 0.360 e. The summed E-state index contributed by atoms with van der Waals surface area (Å²) in [4.78, 5) is 12.5. The highest BCUT2D eigenvalue weighted by Crippen LogP contribution is 2.40. The van der Waals surface area contributed by atoms with Crippen molar-refractivity contribution < 1.29 is 31.3 Å². The predicted octanol–water partition coefficient (Wildman–Crippen LogP) is 3.52. The van der Waals surface area contributed by atoms with Gasteiger partial charge < -0.3 is 9.08 Å². The van der Waals surface area contributed by atoms with Crippen LogP contribution in [-0.4, -0.2) is 19.7 Å². The van der Waals surface area contributed by atoms with E-state index in [1.165, 1.54) is 6.07 Å². The third-order valence-corrected chi connectivity index (χ3v) is 4.25. The molecule has 0 amide bonds. The highest BCUT2D eigenvalue weighted by atomic mass is 32.2. The average Bonchev–Trinajstić information content (AvgIpc) is 3.22. The fraction of sp³-hybridized carbons (Fsp3) is 0.333. The lowest BCUT2D eigenvalue weighted by atomic mass is 9.99. The molecule has 3 rings (SSSR count). The number of benzene rings is 1. The van der Waals surface area contributed by atoms with Crippen LogP contribution in [0.1, 0.15) is 51.7 Å². The Morgan fingerprint density at radius 2 is 2.04 bits per heavy atom. The van der Waals surface area contributed by atoms with Gasteiger partial charge in [0.15, 0.2) is 16.8 Å². The topological polar surface area (TPSA) is 80.4 Å². The van der Waals surface area contributed by atoms with Crippen molar-refractivity contribution in [3.05, 3.63) is 52.4 Å². The van der Waals surface area contributed by atoms with E-state index in [1.807, 2.05) is 0 Å². The molecule has 1 atom stereocenters. The van der Waals surface area contributed by atoms with E-state index in [2.05, 4.69) is 5.16 Å². The van der Waals surface area contributed by atoms with Gasteiger partial charge in [-0.15, -0.1) is 0 Å². The van der Waals surface area contributed by atoms with Crippen molar-refractivity contribution in [2.45, 2.75) is 30.7 Å². The molecule has 0 radical (unpaired) electrons. The van der Waals surface area contributed by atoms with E-state index in [0.29, 0.717) is 11.8 Å². The number of ketones is 1. The first-order valence-electron chi connectivity index (χ1n) is 7.04. The van der Waals surface area contributed by atoms with Crippen LogP contribution >= 0.6 is 0 Å². The molecule has 0 spiro atoms. The Hall–Kier alpha value is -2.00. The Bertz CT molecular complexity index is 811. The Morgan fingerprint density at radius 3 is 2.62 bits per heavy atom. The van der Waals surface area contributed by atoms with Crippen LogP contribution in [-0.2, 0) is 23.0 Å². The molecule has 1 heterocycles. The van der Waals surface area contributed by atoms with E-state index in [-0.39, 0.29) is 22.7 Å². The van der Waals surface area contributed by atoms with Crippen molar-refractivity contribution in [3.63, 3.8) is 0 Å². The number of rotatable bonds is 5. The van der Waals surface area contributed by atoms with Gasteiger partial charge in [0.05, 0.1) is 11.3 Å². The normalized spacial score (nSPS) is 16.2. The number of alkyl halides is 3. The molecule has 1 unspecified atom stereocenters. The van der Waals surface area contributed by atoms with Crippen molar-refractivity contribution in [1.82, 2.24) is 5.16 Å². The Labute approximate surface area is 137 Å². The summed E-state index contributed by atoms with van der Waals surface area (Å²) in [6, 6.07) is 3.94. The van der Waals surface area contributed by atoms with Gasteiger partial charge in [-0.3, -0.25) is 4.79 Å². The zero-order valence-electron chi connectivity index (χ0n) is 12.2. The molecule has 5 nitrogen and oxygen atoms in total. The van der Waals surface area contributed by atoms with E-state index in [9.17, 15) is 22.2 Å². The summed E-state index contributed by atoms with van der Waals surface area (Å²) in [6.07, 6.45) is -2.73. The largest absolute Gasteiger partial charge is 0.416 e. The minimum atomic E-state index is -4.61. The van der Waals surface area contributed by atoms with Crippen molar-refractivity contribution in [2.75, 3.05) is 0 Å². The fourth-order valence-electron chi connectivity index (χ4n) is 2.34. The standard InChI is InChI=1S/C15H12F3NO4S/c16-15(17,18)10-3-4-11(9(5-10)7-24(21)22)14(20)12-6-13(23-19-12)8-1-2-8/h3-6,8H,1-2,7H2,(H,21,22). The lowest BCUT2D eigenvalue weighted by Gasteiger charge is -2.11. The molecule has 1 aromatic heterocycles. The first-order valence-corrected chi connectivity index (χ1v) is 8.32. The van der Waals surface area contributed by atoms with Gasteiger partial charge in [0.2, 0.25) is 5.78 Å². The maximum Gasteiger partial charge on any atom is 0.416 e. The van der Waals surface area contributed by atoms with E-state index < -0.39 is 34.4 Å². The molecule has 1 aliphatic carbocycles. The quantitative estimate of drug-likeness (QED) is 0.653. The summed E-state index contributed by atoms with van der Waals surface area (Å²) in [5.41, 5.74) is -1.27. The number of aromatic nitrogens is 1. The predicted molar refractivity (Wildman–Crippen MR) is 77.8 cm³/mol. The van der Waals surface area contributed by atoms with Crippen molar-refractivity contribution in [2.24, 2.45) is 0 Å². The molecule has 1 saturated carbocycles. The maximum absolute atomic E-state index is 12.8. The molecular formula is C15H12F3NO4S. The molecule has 0 aliphatic heterocycles. The van der Waals surface area contributed by atoms with E-state index in [1.54, 1.807) is 0 Å². The monoisotopic (exact) mass is 359 g/mol. The summed E-state index contributed by atoms with van der Waals surface area (Å²) in [7, 11) is 0. The number of nitrogens with zero attached hydrogens (tertiary/aromatic N) is 1. The van der Waals surface area contributed by atoms with Gasteiger partial charge in [-0.2, -0.15) is 13.2 Å². The van der Waals surface area contributed by atoms with Gasteiger partial charge in [0.25, 0.3) is 0 Å². The second-order valence-electron chi connectivity index (χ2n) is 5.55. The van der Waals surface area contributed by atoms with Crippen LogP contribution < -0.4 is 0 Å². The Balaban J connectivity index is 1.97. The van der Waals surface area contributed by atoms with E-state index in [4.69, 9.17) is 9.08 Å². The minimum Gasteiger partial charge on any atom is -0.360 e. The molecule has 24 heavy (non-hydrogen) atoms. The molecule has 2 aromatic rings. The van der Waals surface area contributed by atoms with Crippen LogP contribution in [0.3, 0.4) is 0 Å². The second kappa shape index (κ2) is 6.14. The van der Waals surface area contributed by atoms with E-state index in [0.717, 1.165) is 25.0 Å². The van der Waals surface area contributed by atoms with Crippen LogP contribution in [0.5, 0.6) is 0 Å². The number of hydrogen-bond donors (Lipinski definition) is 1. The molecule has 1 N–H and O–H groups in total. The van der Waals surface area contributed by atoms with Crippen molar-refractivity contribution in [1.29, 1.82) is 0 Å². The fourth-order valence-corrected chi connectivity index (χ4v) is 2.84. The highest BCUT2D eigenvalue weighted by Gasteiger charge is 2.33. The molecule has 9 heteroatoms. The second-order valence-corrected chi connectivity index (χ2v) is 6.49. The molecule has 1 fully saturated rings. The zero-order valence-corrected chi connectivity index (χ0v) is 13.0. The third kappa shape index (κ3) is 3.57. The number of carbonyl (C=O) groups is 1. The molecule has 0 bridgehead atoms. The van der Waals surface area contributed by atoms with Crippen LogP contribution in [0, 0.1) is 0 Å². The lowest BCUT2D eigenvalue weighted by Crippen LogP contribution is -2.11. The molecule has 1 aromatic carbocycles. The first-order chi connectivity index (χ1) is 11.3. The van der Waals surface area contributed by atoms with Crippen LogP contribution in [0.25, 0.3) is 0 Å². The molecular weight excluding hydrogens is 347 g/mol. The number of hydrogen-bond acceptors (Lipinski definition) is 4. The molecule has 128 valence electrons. The summed E-state index contributed by atoms with van der Waals surface area (Å²) in [5, 5.41) is 3.66. The first kappa shape index (κ1) is 16.8. The lowest BCUT2D eigenvalue weighted by molar-refractivity contribution is -0.137. The number of halogens is 3. The van der Waals surface area contributed by atoms with Gasteiger partial charge in [-0.1, -0.05) is 11.2 Å². The minimum absolute atomic E-state index is 0.0263. The van der Waals surface area contributed by atoms with Crippen LogP contribution in [0.2, 0.25) is 0 Å². The van der Waals surface area contributed by atoms with Crippen molar-refractivity contribution >= 4 is 16.9 Å².